The molecule has 0 aliphatic carbocycles. The molecule has 6 aromatic rings. The summed E-state index contributed by atoms with van der Waals surface area (Å²) in [5, 5.41) is 6.84. The van der Waals surface area contributed by atoms with Gasteiger partial charge < -0.3 is 4.40 Å². The standard InChI is InChI=1S/C30H31N2/c1-17-8-9-19(3)27-24(17)22-11-10-18(2)25-28(22)32(27)23-15-20(16-30(4,5)6)14-21-12-13-31(7)29(25)26(21)23/h8-15H,16H2,1-7H3/q+1. The first-order valence-corrected chi connectivity index (χ1v) is 11.7. The molecule has 0 saturated carbocycles. The first-order valence-electron chi connectivity index (χ1n) is 11.7. The van der Waals surface area contributed by atoms with Crippen LogP contribution in [-0.4, -0.2) is 4.40 Å². The Morgan fingerprint density at radius 1 is 0.781 bits per heavy atom. The van der Waals surface area contributed by atoms with E-state index in [0.29, 0.717) is 0 Å². The quantitative estimate of drug-likeness (QED) is 0.150. The number of pyridine rings is 2. The Kier molecular flexibility index (Phi) is 3.80. The molecule has 0 fully saturated rings. The molecule has 0 spiro atoms. The summed E-state index contributed by atoms with van der Waals surface area (Å²) in [7, 11) is 2.19. The van der Waals surface area contributed by atoms with Crippen LogP contribution in [0.15, 0.2) is 48.7 Å². The average molecular weight is 420 g/mol. The molecule has 2 nitrogen and oxygen atoms in total. The van der Waals surface area contributed by atoms with Crippen molar-refractivity contribution in [2.75, 3.05) is 0 Å². The molecular formula is C30H31N2+. The Hall–Kier alpha value is -3.13. The first-order chi connectivity index (χ1) is 15.2. The number of benzene rings is 3. The van der Waals surface area contributed by atoms with Crippen molar-refractivity contribution in [1.29, 1.82) is 0 Å². The summed E-state index contributed by atoms with van der Waals surface area (Å²) in [6.45, 7) is 13.8. The zero-order valence-electron chi connectivity index (χ0n) is 20.2. The van der Waals surface area contributed by atoms with E-state index in [4.69, 9.17) is 0 Å². The van der Waals surface area contributed by atoms with Gasteiger partial charge in [0.1, 0.15) is 7.05 Å². The minimum Gasteiger partial charge on any atom is -0.307 e. The minimum atomic E-state index is 0.242. The zero-order valence-corrected chi connectivity index (χ0v) is 20.2. The molecule has 0 bridgehead atoms. The maximum atomic E-state index is 2.58. The van der Waals surface area contributed by atoms with Gasteiger partial charge in [-0.15, -0.1) is 0 Å². The molecule has 3 aromatic heterocycles. The van der Waals surface area contributed by atoms with Crippen molar-refractivity contribution in [3.05, 3.63) is 70.9 Å². The number of hydrogen-bond acceptors (Lipinski definition) is 0. The highest BCUT2D eigenvalue weighted by molar-refractivity contribution is 6.26. The summed E-state index contributed by atoms with van der Waals surface area (Å²) >= 11 is 0. The summed E-state index contributed by atoms with van der Waals surface area (Å²) in [4.78, 5) is 0. The predicted molar refractivity (Wildman–Crippen MR) is 137 cm³/mol. The minimum absolute atomic E-state index is 0.242. The molecule has 160 valence electrons. The lowest BCUT2D eigenvalue weighted by Gasteiger charge is -2.20. The molecule has 0 N–H and O–H groups in total. The number of fused-ring (bicyclic) bond motifs is 5. The molecule has 0 aliphatic heterocycles. The van der Waals surface area contributed by atoms with Crippen LogP contribution >= 0.6 is 0 Å². The van der Waals surface area contributed by atoms with Crippen LogP contribution in [0.1, 0.15) is 43.0 Å². The summed E-state index contributed by atoms with van der Waals surface area (Å²) in [5.41, 5.74) is 11.1. The molecule has 0 saturated heterocycles. The van der Waals surface area contributed by atoms with Crippen molar-refractivity contribution < 1.29 is 4.57 Å². The van der Waals surface area contributed by atoms with E-state index in [1.165, 1.54) is 71.3 Å². The highest BCUT2D eigenvalue weighted by Gasteiger charge is 2.25. The molecule has 3 aromatic carbocycles. The smallest absolute Gasteiger partial charge is 0.224 e. The lowest BCUT2D eigenvalue weighted by atomic mass is 9.87. The maximum Gasteiger partial charge on any atom is 0.224 e. The lowest BCUT2D eigenvalue weighted by Crippen LogP contribution is -2.29. The molecule has 32 heavy (non-hydrogen) atoms. The third-order valence-corrected chi connectivity index (χ3v) is 7.18. The summed E-state index contributed by atoms with van der Waals surface area (Å²) < 4.78 is 4.90. The Morgan fingerprint density at radius 3 is 2.22 bits per heavy atom. The molecule has 0 atom stereocenters. The Balaban J connectivity index is 2.01. The van der Waals surface area contributed by atoms with Crippen molar-refractivity contribution in [3.63, 3.8) is 0 Å². The van der Waals surface area contributed by atoms with Gasteiger partial charge >= 0.3 is 0 Å². The average Bonchev–Trinajstić information content (AvgIpc) is 3.07. The fourth-order valence-electron chi connectivity index (χ4n) is 5.94. The normalized spacial score (nSPS) is 13.0. The second kappa shape index (κ2) is 6.22. The van der Waals surface area contributed by atoms with Crippen LogP contribution in [0.2, 0.25) is 0 Å². The van der Waals surface area contributed by atoms with Gasteiger partial charge in [-0.05, 0) is 66.3 Å². The van der Waals surface area contributed by atoms with E-state index >= 15 is 0 Å². The van der Waals surface area contributed by atoms with Crippen LogP contribution in [-0.2, 0) is 13.5 Å². The fraction of sp³-hybridized carbons (Fsp3) is 0.300. The van der Waals surface area contributed by atoms with E-state index < -0.39 is 0 Å². The van der Waals surface area contributed by atoms with Gasteiger partial charge in [-0.25, -0.2) is 4.57 Å². The van der Waals surface area contributed by atoms with Gasteiger partial charge in [0.15, 0.2) is 6.20 Å². The van der Waals surface area contributed by atoms with Crippen LogP contribution < -0.4 is 4.57 Å². The molecule has 0 unspecified atom stereocenters. The monoisotopic (exact) mass is 419 g/mol. The van der Waals surface area contributed by atoms with Gasteiger partial charge in [0, 0.05) is 16.8 Å². The third-order valence-electron chi connectivity index (χ3n) is 7.18. The number of aryl methyl sites for hydroxylation is 4. The van der Waals surface area contributed by atoms with Crippen LogP contribution in [0.5, 0.6) is 0 Å². The van der Waals surface area contributed by atoms with E-state index in [-0.39, 0.29) is 5.41 Å². The molecule has 0 aliphatic rings. The van der Waals surface area contributed by atoms with Crippen molar-refractivity contribution in [3.8, 4) is 0 Å². The second-order valence-electron chi connectivity index (χ2n) is 11.0. The fourth-order valence-corrected chi connectivity index (χ4v) is 5.94. The van der Waals surface area contributed by atoms with Gasteiger partial charge in [0.05, 0.1) is 27.3 Å². The maximum absolute atomic E-state index is 2.58. The number of nitrogens with zero attached hydrogens (tertiary/aromatic N) is 2. The van der Waals surface area contributed by atoms with Gasteiger partial charge in [0.25, 0.3) is 0 Å². The van der Waals surface area contributed by atoms with E-state index in [1.54, 1.807) is 0 Å². The molecule has 6 rings (SSSR count). The van der Waals surface area contributed by atoms with Crippen LogP contribution in [0.3, 0.4) is 0 Å². The van der Waals surface area contributed by atoms with Gasteiger partial charge in [-0.1, -0.05) is 51.1 Å². The first kappa shape index (κ1) is 19.5. The largest absolute Gasteiger partial charge is 0.307 e. The Labute approximate surface area is 189 Å². The topological polar surface area (TPSA) is 8.29 Å². The second-order valence-corrected chi connectivity index (χ2v) is 11.0. The van der Waals surface area contributed by atoms with Gasteiger partial charge in [-0.3, -0.25) is 0 Å². The lowest BCUT2D eigenvalue weighted by molar-refractivity contribution is -0.643. The molecule has 0 radical (unpaired) electrons. The summed E-state index contributed by atoms with van der Waals surface area (Å²) in [5.74, 6) is 0. The molecule has 0 amide bonds. The zero-order chi connectivity index (χ0) is 22.5. The van der Waals surface area contributed by atoms with E-state index in [0.717, 1.165) is 6.42 Å². The van der Waals surface area contributed by atoms with E-state index in [9.17, 15) is 0 Å². The van der Waals surface area contributed by atoms with E-state index in [2.05, 4.69) is 106 Å². The number of hydrogen-bond donors (Lipinski definition) is 0. The van der Waals surface area contributed by atoms with Crippen molar-refractivity contribution in [1.82, 2.24) is 4.40 Å². The third kappa shape index (κ3) is 2.50. The van der Waals surface area contributed by atoms with Gasteiger partial charge in [0.2, 0.25) is 5.52 Å². The van der Waals surface area contributed by atoms with Crippen LogP contribution in [0, 0.1) is 26.2 Å². The molecule has 3 heterocycles. The Bertz CT molecular complexity index is 1710. The van der Waals surface area contributed by atoms with Crippen LogP contribution in [0.25, 0.3) is 49.0 Å². The van der Waals surface area contributed by atoms with Crippen LogP contribution in [0.4, 0.5) is 0 Å². The highest BCUT2D eigenvalue weighted by Crippen LogP contribution is 2.42. The molecular weight excluding hydrogens is 388 g/mol. The number of aromatic nitrogens is 2. The van der Waals surface area contributed by atoms with Crippen molar-refractivity contribution in [2.24, 2.45) is 12.5 Å². The summed E-state index contributed by atoms with van der Waals surface area (Å²) in [6.07, 6.45) is 3.29. The highest BCUT2D eigenvalue weighted by atomic mass is 15.0. The SMILES string of the molecule is Cc1ccc(C)c2c1c1ccc(C)c3c1n2c1cc(CC(C)(C)C)cc2cc[n+](C)c3c21. The van der Waals surface area contributed by atoms with Crippen molar-refractivity contribution in [2.45, 2.75) is 48.0 Å². The predicted octanol–water partition coefficient (Wildman–Crippen LogP) is 7.33. The van der Waals surface area contributed by atoms with Crippen molar-refractivity contribution >= 4 is 49.0 Å². The molecule has 2 heteroatoms. The Morgan fingerprint density at radius 2 is 1.47 bits per heavy atom. The summed E-state index contributed by atoms with van der Waals surface area (Å²) in [6, 6.07) is 16.4. The number of rotatable bonds is 1. The van der Waals surface area contributed by atoms with Gasteiger partial charge in [-0.2, -0.15) is 0 Å². The van der Waals surface area contributed by atoms with E-state index in [1.807, 2.05) is 0 Å².